The number of anilines is 1. The van der Waals surface area contributed by atoms with Gasteiger partial charge < -0.3 is 15.4 Å². The molecule has 1 aromatic heterocycles. The molecule has 0 aliphatic rings. The highest BCUT2D eigenvalue weighted by molar-refractivity contribution is 5.33. The summed E-state index contributed by atoms with van der Waals surface area (Å²) in [7, 11) is 0. The van der Waals surface area contributed by atoms with Crippen LogP contribution < -0.4 is 11.0 Å². The van der Waals surface area contributed by atoms with Crippen LogP contribution in [-0.2, 0) is 6.54 Å². The molecule has 3 N–H and O–H groups in total. The third kappa shape index (κ3) is 1.27. The van der Waals surface area contributed by atoms with Gasteiger partial charge in [0.2, 0.25) is 5.88 Å². The maximum atomic E-state index is 10.1. The Morgan fingerprint density at radius 2 is 2.40 bits per heavy atom. The zero-order valence-corrected chi connectivity index (χ0v) is 5.15. The van der Waals surface area contributed by atoms with Crippen molar-refractivity contribution in [2.45, 2.75) is 6.54 Å². The van der Waals surface area contributed by atoms with Crippen LogP contribution in [-0.4, -0.2) is 5.21 Å². The monoisotopic (exact) mass is 143 g/mol. The van der Waals surface area contributed by atoms with E-state index in [4.69, 9.17) is 15.4 Å². The summed E-state index contributed by atoms with van der Waals surface area (Å²) in [6.45, 7) is 0.216. The average molecular weight is 143 g/mol. The molecule has 0 atom stereocenters. The van der Waals surface area contributed by atoms with E-state index in [1.165, 1.54) is 12.1 Å². The lowest BCUT2D eigenvalue weighted by Gasteiger charge is -2.16. The van der Waals surface area contributed by atoms with Gasteiger partial charge in [-0.15, -0.1) is 0 Å². The summed E-state index contributed by atoms with van der Waals surface area (Å²) in [5.74, 6) is 0.311. The summed E-state index contributed by atoms with van der Waals surface area (Å²) in [5, 5.41) is 18.0. The van der Waals surface area contributed by atoms with Gasteiger partial charge in [-0.1, -0.05) is 0 Å². The zero-order chi connectivity index (χ0) is 7.56. The van der Waals surface area contributed by atoms with Crippen molar-refractivity contribution in [3.8, 4) is 0 Å². The predicted octanol–water partition coefficient (Wildman–Crippen LogP) is 0.432. The Morgan fingerprint density at radius 3 is 2.70 bits per heavy atom. The van der Waals surface area contributed by atoms with Gasteiger partial charge in [0.1, 0.15) is 5.76 Å². The van der Waals surface area contributed by atoms with Crippen LogP contribution in [0.2, 0.25) is 0 Å². The second-order valence-corrected chi connectivity index (χ2v) is 1.72. The second-order valence-electron chi connectivity index (χ2n) is 1.72. The molecule has 0 aliphatic carbocycles. The maximum Gasteiger partial charge on any atom is 0.209 e. The van der Waals surface area contributed by atoms with E-state index in [9.17, 15) is 5.21 Å². The molecule has 1 aromatic rings. The smallest absolute Gasteiger partial charge is 0.209 e. The number of furan rings is 1. The molecule has 0 unspecified atom stereocenters. The van der Waals surface area contributed by atoms with Crippen LogP contribution in [0.25, 0.3) is 0 Å². The molecular formula is C5H7N2O3-. The van der Waals surface area contributed by atoms with Gasteiger partial charge in [0.25, 0.3) is 0 Å². The van der Waals surface area contributed by atoms with Crippen LogP contribution in [0, 0.1) is 5.21 Å². The minimum Gasteiger partial charge on any atom is -0.731 e. The molecular weight excluding hydrogens is 136 g/mol. The number of rotatable bonds is 2. The Balaban J connectivity index is 2.78. The first-order valence-electron chi connectivity index (χ1n) is 2.69. The van der Waals surface area contributed by atoms with E-state index in [1.807, 2.05) is 0 Å². The standard InChI is InChI=1S/C5H7N2O3/c6-3-4-1-2-5(10-4)7(8)9/h1-2,8H,3,6H2/q-1. The normalized spacial score (nSPS) is 9.90. The Hall–Kier alpha value is -1.04. The quantitative estimate of drug-likeness (QED) is 0.586. The molecule has 0 aliphatic heterocycles. The zero-order valence-electron chi connectivity index (χ0n) is 5.15. The van der Waals surface area contributed by atoms with Crippen molar-refractivity contribution in [3.63, 3.8) is 0 Å². The first-order valence-corrected chi connectivity index (χ1v) is 2.69. The Labute approximate surface area is 57.2 Å². The predicted molar refractivity (Wildman–Crippen MR) is 34.2 cm³/mol. The van der Waals surface area contributed by atoms with Gasteiger partial charge in [0, 0.05) is 6.07 Å². The van der Waals surface area contributed by atoms with Crippen LogP contribution >= 0.6 is 0 Å². The van der Waals surface area contributed by atoms with E-state index in [-0.39, 0.29) is 17.7 Å². The van der Waals surface area contributed by atoms with Crippen LogP contribution in [0.5, 0.6) is 0 Å². The fraction of sp³-hybridized carbons (Fsp3) is 0.200. The summed E-state index contributed by atoms with van der Waals surface area (Å²) in [4.78, 5) is 0. The molecule has 1 heterocycles. The highest BCUT2D eigenvalue weighted by atomic mass is 16.8. The molecule has 5 nitrogen and oxygen atoms in total. The molecule has 0 saturated carbocycles. The van der Waals surface area contributed by atoms with Crippen molar-refractivity contribution >= 4 is 5.88 Å². The lowest BCUT2D eigenvalue weighted by molar-refractivity contribution is 0.270. The highest BCUT2D eigenvalue weighted by Crippen LogP contribution is 2.14. The summed E-state index contributed by atoms with van der Waals surface area (Å²) >= 11 is 0. The summed E-state index contributed by atoms with van der Waals surface area (Å²) in [6.07, 6.45) is 0. The second kappa shape index (κ2) is 2.70. The number of nitrogens with zero attached hydrogens (tertiary/aromatic N) is 1. The molecule has 5 heteroatoms. The third-order valence-electron chi connectivity index (χ3n) is 1.04. The van der Waals surface area contributed by atoms with Crippen LogP contribution in [0.1, 0.15) is 5.76 Å². The van der Waals surface area contributed by atoms with Gasteiger partial charge >= 0.3 is 0 Å². The fourth-order valence-corrected chi connectivity index (χ4v) is 0.579. The van der Waals surface area contributed by atoms with E-state index in [2.05, 4.69) is 0 Å². The SMILES string of the molecule is NCc1ccc(N([O-])O)o1. The lowest BCUT2D eigenvalue weighted by atomic mass is 10.5. The first kappa shape index (κ1) is 7.07. The molecule has 10 heavy (non-hydrogen) atoms. The van der Waals surface area contributed by atoms with Crippen molar-refractivity contribution in [2.24, 2.45) is 5.73 Å². The van der Waals surface area contributed by atoms with E-state index in [0.717, 1.165) is 0 Å². The van der Waals surface area contributed by atoms with Crippen LogP contribution in [0.3, 0.4) is 0 Å². The Bertz CT molecular complexity index is 208. The van der Waals surface area contributed by atoms with E-state index < -0.39 is 0 Å². The van der Waals surface area contributed by atoms with Gasteiger partial charge in [-0.2, -0.15) is 0 Å². The van der Waals surface area contributed by atoms with Gasteiger partial charge in [-0.3, -0.25) is 10.4 Å². The first-order chi connectivity index (χ1) is 4.74. The average Bonchev–Trinajstić information content (AvgIpc) is 2.34. The van der Waals surface area contributed by atoms with Crippen molar-refractivity contribution in [2.75, 3.05) is 5.23 Å². The molecule has 56 valence electrons. The van der Waals surface area contributed by atoms with Crippen LogP contribution in [0.15, 0.2) is 16.5 Å². The molecule has 0 bridgehead atoms. The molecule has 0 fully saturated rings. The highest BCUT2D eigenvalue weighted by Gasteiger charge is 1.98. The number of hydrogen-bond acceptors (Lipinski definition) is 5. The number of hydrogen-bond donors (Lipinski definition) is 2. The fourth-order valence-electron chi connectivity index (χ4n) is 0.579. The van der Waals surface area contributed by atoms with Gasteiger partial charge in [0.05, 0.1) is 6.54 Å². The van der Waals surface area contributed by atoms with Crippen molar-refractivity contribution < 1.29 is 9.62 Å². The van der Waals surface area contributed by atoms with E-state index in [1.54, 1.807) is 0 Å². The Morgan fingerprint density at radius 1 is 1.70 bits per heavy atom. The van der Waals surface area contributed by atoms with Gasteiger partial charge in [-0.05, 0) is 6.07 Å². The molecule has 0 radical (unpaired) electrons. The van der Waals surface area contributed by atoms with Crippen LogP contribution in [0.4, 0.5) is 5.88 Å². The molecule has 1 rings (SSSR count). The summed E-state index contributed by atoms with van der Waals surface area (Å²) in [5.41, 5.74) is 5.17. The van der Waals surface area contributed by atoms with Crippen molar-refractivity contribution in [1.82, 2.24) is 0 Å². The topological polar surface area (TPSA) is 85.7 Å². The van der Waals surface area contributed by atoms with Gasteiger partial charge in [0.15, 0.2) is 0 Å². The molecule has 0 amide bonds. The maximum absolute atomic E-state index is 10.1. The minimum absolute atomic E-state index is 0.152. The summed E-state index contributed by atoms with van der Waals surface area (Å²) in [6, 6.07) is 2.87. The largest absolute Gasteiger partial charge is 0.731 e. The molecule has 0 saturated heterocycles. The molecule has 0 spiro atoms. The van der Waals surface area contributed by atoms with Crippen molar-refractivity contribution in [3.05, 3.63) is 23.1 Å². The minimum atomic E-state index is -0.348. The molecule has 0 aromatic carbocycles. The van der Waals surface area contributed by atoms with Crippen molar-refractivity contribution in [1.29, 1.82) is 0 Å². The van der Waals surface area contributed by atoms with E-state index >= 15 is 0 Å². The third-order valence-corrected chi connectivity index (χ3v) is 1.04. The lowest BCUT2D eigenvalue weighted by Crippen LogP contribution is -2.05. The Kier molecular flexibility index (Phi) is 1.91. The summed E-state index contributed by atoms with van der Waals surface area (Å²) < 4.78 is 4.73. The van der Waals surface area contributed by atoms with E-state index in [0.29, 0.717) is 5.76 Å². The number of nitrogens with two attached hydrogens (primary N) is 1. The van der Waals surface area contributed by atoms with Gasteiger partial charge in [-0.25, -0.2) is 0 Å².